The molecule has 1 aromatic heterocycles. The predicted molar refractivity (Wildman–Crippen MR) is 168 cm³/mol. The first kappa shape index (κ1) is 34.4. The van der Waals surface area contributed by atoms with Gasteiger partial charge in [0.05, 0.1) is 23.8 Å². The third-order valence-electron chi connectivity index (χ3n) is 7.46. The number of hydrogen-bond acceptors (Lipinski definition) is 10. The highest BCUT2D eigenvalue weighted by molar-refractivity contribution is 7.89. The third-order valence-corrected chi connectivity index (χ3v) is 10.2. The van der Waals surface area contributed by atoms with Gasteiger partial charge >= 0.3 is 12.1 Å². The molecule has 0 saturated carbocycles. The fourth-order valence-electron chi connectivity index (χ4n) is 5.15. The van der Waals surface area contributed by atoms with Crippen LogP contribution in [0.2, 0.25) is 0 Å². The fraction of sp³-hybridized carbons (Fsp3) is 0.467. The van der Waals surface area contributed by atoms with Crippen LogP contribution >= 0.6 is 0 Å². The van der Waals surface area contributed by atoms with Gasteiger partial charge in [-0.05, 0) is 58.0 Å². The molecule has 4 rings (SSSR count). The van der Waals surface area contributed by atoms with Gasteiger partial charge in [0, 0.05) is 49.4 Å². The van der Waals surface area contributed by atoms with E-state index >= 15 is 0 Å². The summed E-state index contributed by atoms with van der Waals surface area (Å²) in [5, 5.41) is 0.835. The van der Waals surface area contributed by atoms with E-state index in [1.807, 2.05) is 31.2 Å². The Bertz CT molecular complexity index is 1750. The van der Waals surface area contributed by atoms with Gasteiger partial charge in [-0.3, -0.25) is 9.69 Å². The zero-order chi connectivity index (χ0) is 33.2. The molecule has 1 N–H and O–H groups in total. The van der Waals surface area contributed by atoms with E-state index in [2.05, 4.69) is 4.72 Å². The van der Waals surface area contributed by atoms with Crippen molar-refractivity contribution in [3.63, 3.8) is 0 Å². The zero-order valence-corrected chi connectivity index (χ0v) is 27.9. The summed E-state index contributed by atoms with van der Waals surface area (Å²) in [6.07, 6.45) is 0.632. The van der Waals surface area contributed by atoms with E-state index in [0.717, 1.165) is 17.2 Å². The van der Waals surface area contributed by atoms with E-state index in [0.29, 0.717) is 17.0 Å². The Morgan fingerprint density at radius 3 is 2.16 bits per heavy atom. The van der Waals surface area contributed by atoms with Crippen molar-refractivity contribution in [3.05, 3.63) is 59.8 Å². The number of carbonyl (C=O) groups excluding carboxylic acids is 2. The van der Waals surface area contributed by atoms with Crippen LogP contribution in [-0.4, -0.2) is 100 Å². The van der Waals surface area contributed by atoms with Crippen LogP contribution in [0, 0.1) is 6.92 Å². The smallest absolute Gasteiger partial charge is 0.419 e. The summed E-state index contributed by atoms with van der Waals surface area (Å²) in [5.41, 5.74) is 1.49. The Morgan fingerprint density at radius 1 is 0.956 bits per heavy atom. The second-order valence-corrected chi connectivity index (χ2v) is 15.5. The van der Waals surface area contributed by atoms with Crippen LogP contribution in [0.5, 0.6) is 5.75 Å². The van der Waals surface area contributed by atoms with Crippen molar-refractivity contribution >= 4 is 43.0 Å². The fourth-order valence-corrected chi connectivity index (χ4v) is 7.01. The molecule has 0 spiro atoms. The standard InChI is InChI=1S/C30H40N4O9S2/c1-21-25(24-9-7-8-10-26(24)34(21)29(36)43-30(2,3)4)20-42-22-11-13-23(14-12-22)45(39,40)31-19-27(28(35)41-5)32-15-17-33(18-16-32)44(6,37)38/h7-14,27,31H,15-20H2,1-6H3. The van der Waals surface area contributed by atoms with Crippen molar-refractivity contribution < 1.29 is 40.6 Å². The van der Waals surface area contributed by atoms with Gasteiger partial charge in [-0.25, -0.2) is 30.9 Å². The van der Waals surface area contributed by atoms with Crippen LogP contribution in [0.4, 0.5) is 4.79 Å². The topological polar surface area (TPSA) is 154 Å². The Balaban J connectivity index is 1.43. The largest absolute Gasteiger partial charge is 0.489 e. The molecule has 0 radical (unpaired) electrons. The average molecular weight is 665 g/mol. The molecule has 246 valence electrons. The van der Waals surface area contributed by atoms with E-state index < -0.39 is 43.8 Å². The lowest BCUT2D eigenvalue weighted by molar-refractivity contribution is -0.147. The summed E-state index contributed by atoms with van der Waals surface area (Å²) in [4.78, 5) is 27.2. The summed E-state index contributed by atoms with van der Waals surface area (Å²) in [6.45, 7) is 7.95. The number of fused-ring (bicyclic) bond motifs is 1. The maximum atomic E-state index is 13.1. The van der Waals surface area contributed by atoms with E-state index in [1.54, 1.807) is 25.7 Å². The Hall–Kier alpha value is -3.50. The van der Waals surface area contributed by atoms with Crippen LogP contribution in [0.1, 0.15) is 32.0 Å². The second kappa shape index (κ2) is 13.5. The highest BCUT2D eigenvalue weighted by atomic mass is 32.2. The van der Waals surface area contributed by atoms with Gasteiger partial charge in [0.1, 0.15) is 24.0 Å². The highest BCUT2D eigenvalue weighted by Gasteiger charge is 2.33. The predicted octanol–water partition coefficient (Wildman–Crippen LogP) is 2.71. The lowest BCUT2D eigenvalue weighted by Gasteiger charge is -2.36. The van der Waals surface area contributed by atoms with Crippen molar-refractivity contribution in [2.45, 2.75) is 50.8 Å². The minimum absolute atomic E-state index is 0.0296. The molecule has 13 nitrogen and oxygen atoms in total. The number of nitrogens with zero attached hydrogens (tertiary/aromatic N) is 3. The Kier molecular flexibility index (Phi) is 10.3. The van der Waals surface area contributed by atoms with Gasteiger partial charge in [0.2, 0.25) is 20.0 Å². The molecule has 1 fully saturated rings. The number of para-hydroxylation sites is 1. The molecule has 3 aromatic rings. The van der Waals surface area contributed by atoms with Gasteiger partial charge in [0.15, 0.2) is 0 Å². The molecule has 2 aromatic carbocycles. The maximum absolute atomic E-state index is 13.1. The summed E-state index contributed by atoms with van der Waals surface area (Å²) in [7, 11) is -6.16. The van der Waals surface area contributed by atoms with Gasteiger partial charge in [-0.1, -0.05) is 18.2 Å². The van der Waals surface area contributed by atoms with E-state index in [-0.39, 0.29) is 44.2 Å². The maximum Gasteiger partial charge on any atom is 0.419 e. The summed E-state index contributed by atoms with van der Waals surface area (Å²) < 4.78 is 71.7. The quantitative estimate of drug-likeness (QED) is 0.320. The Morgan fingerprint density at radius 2 is 1.58 bits per heavy atom. The van der Waals surface area contributed by atoms with Crippen LogP contribution in [0.25, 0.3) is 10.9 Å². The number of methoxy groups -OCH3 is 1. The molecule has 1 aliphatic rings. The summed E-state index contributed by atoms with van der Waals surface area (Å²) in [6, 6.07) is 12.4. The minimum atomic E-state index is -4.01. The van der Waals surface area contributed by atoms with E-state index in [1.165, 1.54) is 40.2 Å². The average Bonchev–Trinajstić information content (AvgIpc) is 3.26. The number of carbonyl (C=O) groups is 2. The van der Waals surface area contributed by atoms with Gasteiger partial charge in [-0.15, -0.1) is 0 Å². The van der Waals surface area contributed by atoms with E-state index in [9.17, 15) is 26.4 Å². The number of sulfonamides is 2. The van der Waals surface area contributed by atoms with Crippen molar-refractivity contribution in [1.29, 1.82) is 0 Å². The van der Waals surface area contributed by atoms with E-state index in [4.69, 9.17) is 14.2 Å². The molecule has 0 bridgehead atoms. The van der Waals surface area contributed by atoms with Crippen LogP contribution in [0.15, 0.2) is 53.4 Å². The molecule has 1 aliphatic heterocycles. The minimum Gasteiger partial charge on any atom is -0.489 e. The van der Waals surface area contributed by atoms with Gasteiger partial charge < -0.3 is 14.2 Å². The van der Waals surface area contributed by atoms with Gasteiger partial charge in [0.25, 0.3) is 0 Å². The van der Waals surface area contributed by atoms with Crippen LogP contribution in [0.3, 0.4) is 0 Å². The molecular weight excluding hydrogens is 624 g/mol. The van der Waals surface area contributed by atoms with Crippen molar-refractivity contribution in [1.82, 2.24) is 18.5 Å². The number of rotatable bonds is 10. The third kappa shape index (κ3) is 8.21. The lowest BCUT2D eigenvalue weighted by Crippen LogP contribution is -2.56. The first-order valence-electron chi connectivity index (χ1n) is 14.3. The molecule has 45 heavy (non-hydrogen) atoms. The number of ether oxygens (including phenoxy) is 3. The molecule has 0 amide bonds. The lowest BCUT2D eigenvalue weighted by atomic mass is 10.1. The molecule has 1 unspecified atom stereocenters. The number of nitrogens with one attached hydrogen (secondary N) is 1. The van der Waals surface area contributed by atoms with Crippen LogP contribution < -0.4 is 9.46 Å². The molecule has 1 atom stereocenters. The normalized spacial score (nSPS) is 16.0. The van der Waals surface area contributed by atoms with Crippen molar-refractivity contribution in [2.24, 2.45) is 0 Å². The molecule has 15 heteroatoms. The zero-order valence-electron chi connectivity index (χ0n) is 26.3. The Labute approximate surface area is 264 Å². The number of piperazine rings is 1. The molecule has 1 saturated heterocycles. The number of aromatic nitrogens is 1. The number of hydrogen-bond donors (Lipinski definition) is 1. The first-order valence-corrected chi connectivity index (χ1v) is 17.7. The summed E-state index contributed by atoms with van der Waals surface area (Å²) >= 11 is 0. The molecule has 2 heterocycles. The second-order valence-electron chi connectivity index (χ2n) is 11.7. The first-order chi connectivity index (χ1) is 21.0. The highest BCUT2D eigenvalue weighted by Crippen LogP contribution is 2.28. The SMILES string of the molecule is COC(=O)C(CNS(=O)(=O)c1ccc(OCc2c(C)n(C(=O)OC(C)(C)C)c3ccccc23)cc1)N1CCN(S(C)(=O)=O)CC1. The number of esters is 1. The number of benzene rings is 2. The van der Waals surface area contributed by atoms with Crippen LogP contribution in [-0.2, 0) is 40.9 Å². The molecule has 0 aliphatic carbocycles. The molecular formula is C30H40N4O9S2. The van der Waals surface area contributed by atoms with Crippen molar-refractivity contribution in [2.75, 3.05) is 46.1 Å². The van der Waals surface area contributed by atoms with Gasteiger partial charge in [-0.2, -0.15) is 4.31 Å². The monoisotopic (exact) mass is 664 g/mol. The van der Waals surface area contributed by atoms with Crippen molar-refractivity contribution in [3.8, 4) is 5.75 Å². The summed E-state index contributed by atoms with van der Waals surface area (Å²) in [5.74, 6) is -0.212.